The first-order chi connectivity index (χ1) is 14.5. The number of nitrogens with zero attached hydrogens (tertiary/aromatic N) is 2. The van der Waals surface area contributed by atoms with Gasteiger partial charge >= 0.3 is 0 Å². The number of rotatable bonds is 8. The molecule has 0 saturated carbocycles. The fourth-order valence-corrected chi connectivity index (χ4v) is 3.78. The number of hydrogen-bond donors (Lipinski definition) is 1. The average molecular weight is 412 g/mol. The molecule has 0 spiro atoms. The van der Waals surface area contributed by atoms with Gasteiger partial charge in [0.25, 0.3) is 0 Å². The van der Waals surface area contributed by atoms with Crippen molar-refractivity contribution in [2.75, 3.05) is 45.7 Å². The van der Waals surface area contributed by atoms with E-state index in [0.29, 0.717) is 0 Å². The van der Waals surface area contributed by atoms with E-state index >= 15 is 0 Å². The minimum absolute atomic E-state index is 0.0487. The molecule has 1 aliphatic heterocycles. The van der Waals surface area contributed by atoms with Crippen LogP contribution in [-0.4, -0.2) is 62.1 Å². The van der Waals surface area contributed by atoms with Crippen LogP contribution in [0, 0.1) is 0 Å². The lowest BCUT2D eigenvalue weighted by molar-refractivity contribution is -0.121. The largest absolute Gasteiger partial charge is 0.493 e. The van der Waals surface area contributed by atoms with Crippen molar-refractivity contribution in [2.45, 2.75) is 32.9 Å². The number of aryl methyl sites for hydroxylation is 1. The van der Waals surface area contributed by atoms with Crippen LogP contribution in [0.1, 0.15) is 25.0 Å². The lowest BCUT2D eigenvalue weighted by Crippen LogP contribution is -2.52. The molecule has 2 aromatic rings. The maximum atomic E-state index is 12.7. The molecule has 1 unspecified atom stereocenters. The van der Waals surface area contributed by atoms with E-state index in [4.69, 9.17) is 9.47 Å². The molecule has 0 bridgehead atoms. The summed E-state index contributed by atoms with van der Waals surface area (Å²) < 4.78 is 10.7. The minimum Gasteiger partial charge on any atom is -0.493 e. The van der Waals surface area contributed by atoms with E-state index in [2.05, 4.69) is 40.2 Å². The normalized spacial score (nSPS) is 16.1. The second kappa shape index (κ2) is 10.5. The maximum Gasteiger partial charge on any atom is 0.241 e. The van der Waals surface area contributed by atoms with Crippen LogP contribution in [0.25, 0.3) is 0 Å². The third-order valence-electron chi connectivity index (χ3n) is 5.82. The lowest BCUT2D eigenvalue weighted by Gasteiger charge is -2.37. The fourth-order valence-electron chi connectivity index (χ4n) is 3.78. The van der Waals surface area contributed by atoms with Gasteiger partial charge in [-0.2, -0.15) is 0 Å². The molecular formula is C24H33N3O3. The van der Waals surface area contributed by atoms with E-state index < -0.39 is 0 Å². The van der Waals surface area contributed by atoms with Crippen LogP contribution >= 0.6 is 0 Å². The standard InChI is InChI=1S/C24H33N3O3/c1-5-19-6-9-21(10-7-19)25-24(28)18(2)27-14-12-26(13-15-27)17-20-8-11-22(29-3)23(16-20)30-4/h6-11,16,18H,5,12-15,17H2,1-4H3,(H,25,28). The first-order valence-corrected chi connectivity index (χ1v) is 10.6. The van der Waals surface area contributed by atoms with Gasteiger partial charge < -0.3 is 14.8 Å². The molecule has 3 rings (SSSR count). The number of anilines is 1. The van der Waals surface area contributed by atoms with E-state index in [-0.39, 0.29) is 11.9 Å². The quantitative estimate of drug-likeness (QED) is 0.721. The third kappa shape index (κ3) is 5.52. The zero-order valence-corrected chi connectivity index (χ0v) is 18.5. The van der Waals surface area contributed by atoms with Crippen LogP contribution < -0.4 is 14.8 Å². The Morgan fingerprint density at radius 1 is 0.967 bits per heavy atom. The van der Waals surface area contributed by atoms with Gasteiger partial charge in [0.2, 0.25) is 5.91 Å². The van der Waals surface area contributed by atoms with Gasteiger partial charge in [-0.3, -0.25) is 14.6 Å². The SMILES string of the molecule is CCc1ccc(NC(=O)C(C)N2CCN(Cc3ccc(OC)c(OC)c3)CC2)cc1. The highest BCUT2D eigenvalue weighted by molar-refractivity contribution is 5.94. The molecule has 1 atom stereocenters. The topological polar surface area (TPSA) is 54.0 Å². The highest BCUT2D eigenvalue weighted by Crippen LogP contribution is 2.28. The van der Waals surface area contributed by atoms with E-state index in [1.165, 1.54) is 11.1 Å². The summed E-state index contributed by atoms with van der Waals surface area (Å²) in [6.07, 6.45) is 0.998. The Hall–Kier alpha value is -2.57. The monoisotopic (exact) mass is 411 g/mol. The van der Waals surface area contributed by atoms with Crippen molar-refractivity contribution in [3.05, 3.63) is 53.6 Å². The van der Waals surface area contributed by atoms with Crippen molar-refractivity contribution < 1.29 is 14.3 Å². The number of carbonyl (C=O) groups is 1. The zero-order valence-electron chi connectivity index (χ0n) is 18.5. The van der Waals surface area contributed by atoms with Gasteiger partial charge in [0.1, 0.15) is 0 Å². The van der Waals surface area contributed by atoms with Gasteiger partial charge in [0.05, 0.1) is 20.3 Å². The molecule has 6 heteroatoms. The van der Waals surface area contributed by atoms with Gasteiger partial charge in [-0.05, 0) is 48.7 Å². The van der Waals surface area contributed by atoms with Crippen LogP contribution in [0.2, 0.25) is 0 Å². The summed E-state index contributed by atoms with van der Waals surface area (Å²) >= 11 is 0. The van der Waals surface area contributed by atoms with Gasteiger partial charge in [-0.15, -0.1) is 0 Å². The van der Waals surface area contributed by atoms with Crippen LogP contribution in [-0.2, 0) is 17.8 Å². The first kappa shape index (κ1) is 22.1. The molecule has 1 saturated heterocycles. The number of ether oxygens (including phenoxy) is 2. The second-order valence-corrected chi connectivity index (χ2v) is 7.72. The molecule has 0 aliphatic carbocycles. The number of amides is 1. The van der Waals surface area contributed by atoms with Crippen LogP contribution in [0.15, 0.2) is 42.5 Å². The number of hydrogen-bond acceptors (Lipinski definition) is 5. The van der Waals surface area contributed by atoms with E-state index in [0.717, 1.165) is 56.3 Å². The van der Waals surface area contributed by atoms with Gasteiger partial charge in [-0.1, -0.05) is 25.1 Å². The Labute approximate surface area is 179 Å². The number of benzene rings is 2. The number of methoxy groups -OCH3 is 2. The average Bonchev–Trinajstić information content (AvgIpc) is 2.79. The molecule has 1 heterocycles. The molecule has 1 amide bonds. The van der Waals surface area contributed by atoms with Crippen LogP contribution in [0.5, 0.6) is 11.5 Å². The molecular weight excluding hydrogens is 378 g/mol. The van der Waals surface area contributed by atoms with Gasteiger partial charge in [-0.25, -0.2) is 0 Å². The zero-order chi connectivity index (χ0) is 21.5. The van der Waals surface area contributed by atoms with Crippen molar-refractivity contribution in [1.29, 1.82) is 0 Å². The Morgan fingerprint density at radius 3 is 2.20 bits per heavy atom. The third-order valence-corrected chi connectivity index (χ3v) is 5.82. The molecule has 1 N–H and O–H groups in total. The first-order valence-electron chi connectivity index (χ1n) is 10.6. The van der Waals surface area contributed by atoms with Gasteiger partial charge in [0.15, 0.2) is 11.5 Å². The minimum atomic E-state index is -0.154. The summed E-state index contributed by atoms with van der Waals surface area (Å²) in [5.41, 5.74) is 3.32. The molecule has 0 radical (unpaired) electrons. The smallest absolute Gasteiger partial charge is 0.241 e. The molecule has 1 fully saturated rings. The van der Waals surface area contributed by atoms with Crippen molar-refractivity contribution >= 4 is 11.6 Å². The molecule has 6 nitrogen and oxygen atoms in total. The van der Waals surface area contributed by atoms with Crippen LogP contribution in [0.3, 0.4) is 0 Å². The summed E-state index contributed by atoms with van der Waals surface area (Å²) in [6, 6.07) is 14.0. The molecule has 1 aliphatic rings. The molecule has 30 heavy (non-hydrogen) atoms. The summed E-state index contributed by atoms with van der Waals surface area (Å²) in [4.78, 5) is 17.3. The number of nitrogens with one attached hydrogen (secondary N) is 1. The Balaban J connectivity index is 1.50. The van der Waals surface area contributed by atoms with Gasteiger partial charge in [0, 0.05) is 38.4 Å². The molecule has 0 aromatic heterocycles. The van der Waals surface area contributed by atoms with E-state index in [9.17, 15) is 4.79 Å². The fraction of sp³-hybridized carbons (Fsp3) is 0.458. The predicted octanol–water partition coefficient (Wildman–Crippen LogP) is 3.41. The summed E-state index contributed by atoms with van der Waals surface area (Å²) in [5.74, 6) is 1.55. The van der Waals surface area contributed by atoms with Crippen LogP contribution in [0.4, 0.5) is 5.69 Å². The Kier molecular flexibility index (Phi) is 7.71. The Morgan fingerprint density at radius 2 is 1.60 bits per heavy atom. The highest BCUT2D eigenvalue weighted by atomic mass is 16.5. The van der Waals surface area contributed by atoms with Crippen molar-refractivity contribution in [3.63, 3.8) is 0 Å². The van der Waals surface area contributed by atoms with E-state index in [1.807, 2.05) is 31.2 Å². The lowest BCUT2D eigenvalue weighted by atomic mass is 10.1. The van der Waals surface area contributed by atoms with Crippen molar-refractivity contribution in [1.82, 2.24) is 9.80 Å². The molecule has 162 valence electrons. The number of carbonyl (C=O) groups excluding carboxylic acids is 1. The van der Waals surface area contributed by atoms with E-state index in [1.54, 1.807) is 14.2 Å². The highest BCUT2D eigenvalue weighted by Gasteiger charge is 2.25. The Bertz CT molecular complexity index is 830. The van der Waals surface area contributed by atoms with Crippen molar-refractivity contribution in [3.8, 4) is 11.5 Å². The molecule has 2 aromatic carbocycles. The maximum absolute atomic E-state index is 12.7. The van der Waals surface area contributed by atoms with Crippen molar-refractivity contribution in [2.24, 2.45) is 0 Å². The second-order valence-electron chi connectivity index (χ2n) is 7.72. The number of piperazine rings is 1. The summed E-state index contributed by atoms with van der Waals surface area (Å²) in [6.45, 7) is 8.57. The summed E-state index contributed by atoms with van der Waals surface area (Å²) in [7, 11) is 3.30. The summed E-state index contributed by atoms with van der Waals surface area (Å²) in [5, 5.41) is 3.04. The predicted molar refractivity (Wildman–Crippen MR) is 120 cm³/mol.